The van der Waals surface area contributed by atoms with Crippen LogP contribution in [0.3, 0.4) is 0 Å². The highest BCUT2D eigenvalue weighted by Gasteiger charge is 2.39. The van der Waals surface area contributed by atoms with E-state index in [4.69, 9.17) is 0 Å². The fourth-order valence-corrected chi connectivity index (χ4v) is 3.82. The molecule has 2 aliphatic rings. The Morgan fingerprint density at radius 3 is 2.73 bits per heavy atom. The minimum Gasteiger partial charge on any atom is -0.322 e. The summed E-state index contributed by atoms with van der Waals surface area (Å²) in [4.78, 5) is 52.0. The number of aromatic nitrogens is 4. The Morgan fingerprint density at radius 2 is 1.93 bits per heavy atom. The molecule has 1 unspecified atom stereocenters. The zero-order chi connectivity index (χ0) is 20.8. The van der Waals surface area contributed by atoms with Crippen molar-refractivity contribution in [3.63, 3.8) is 0 Å². The van der Waals surface area contributed by atoms with E-state index in [1.165, 1.54) is 15.6 Å². The molecular formula is C20H16N6O4. The van der Waals surface area contributed by atoms with Crippen LogP contribution in [0.2, 0.25) is 0 Å². The van der Waals surface area contributed by atoms with Gasteiger partial charge in [0.05, 0.1) is 6.20 Å². The number of pyridine rings is 1. The molecule has 1 saturated heterocycles. The van der Waals surface area contributed by atoms with Crippen molar-refractivity contribution in [2.45, 2.75) is 25.4 Å². The molecule has 2 aliphatic heterocycles. The second-order valence-electron chi connectivity index (χ2n) is 7.22. The van der Waals surface area contributed by atoms with Crippen molar-refractivity contribution in [2.75, 3.05) is 0 Å². The van der Waals surface area contributed by atoms with Gasteiger partial charge in [-0.3, -0.25) is 24.5 Å². The van der Waals surface area contributed by atoms with Gasteiger partial charge in [0.15, 0.2) is 0 Å². The van der Waals surface area contributed by atoms with Gasteiger partial charge in [-0.25, -0.2) is 4.68 Å². The number of fused-ring (bicyclic) bond motifs is 1. The van der Waals surface area contributed by atoms with Crippen LogP contribution >= 0.6 is 0 Å². The molecule has 3 aromatic rings. The summed E-state index contributed by atoms with van der Waals surface area (Å²) in [5.74, 6) is -0.490. The van der Waals surface area contributed by atoms with Crippen LogP contribution in [0.15, 0.2) is 47.4 Å². The Morgan fingerprint density at radius 1 is 1.07 bits per heavy atom. The highest BCUT2D eigenvalue weighted by atomic mass is 16.2. The number of nitrogens with zero attached hydrogens (tertiary/aromatic N) is 4. The molecule has 1 aromatic carbocycles. The van der Waals surface area contributed by atoms with Crippen LogP contribution in [-0.4, -0.2) is 48.6 Å². The van der Waals surface area contributed by atoms with Gasteiger partial charge >= 0.3 is 0 Å². The summed E-state index contributed by atoms with van der Waals surface area (Å²) in [6.45, 7) is 0.286. The lowest BCUT2D eigenvalue weighted by Crippen LogP contribution is -2.52. The molecule has 2 N–H and O–H groups in total. The second kappa shape index (κ2) is 6.76. The summed E-state index contributed by atoms with van der Waals surface area (Å²) >= 11 is 0. The van der Waals surface area contributed by atoms with Crippen LogP contribution in [0.4, 0.5) is 0 Å². The first kappa shape index (κ1) is 18.0. The highest BCUT2D eigenvalue weighted by Crippen LogP contribution is 2.30. The number of hydrogen-bond acceptors (Lipinski definition) is 6. The number of piperidine rings is 1. The summed E-state index contributed by atoms with van der Waals surface area (Å²) in [6.07, 6.45) is 2.22. The highest BCUT2D eigenvalue weighted by molar-refractivity contribution is 6.05. The zero-order valence-corrected chi connectivity index (χ0v) is 15.7. The van der Waals surface area contributed by atoms with E-state index in [0.717, 1.165) is 11.1 Å². The molecule has 10 heteroatoms. The van der Waals surface area contributed by atoms with Crippen LogP contribution in [0.5, 0.6) is 0 Å². The molecular weight excluding hydrogens is 388 g/mol. The van der Waals surface area contributed by atoms with Crippen LogP contribution < -0.4 is 10.9 Å². The van der Waals surface area contributed by atoms with Crippen molar-refractivity contribution in [3.05, 3.63) is 64.1 Å². The van der Waals surface area contributed by atoms with Gasteiger partial charge in [-0.15, -0.1) is 5.10 Å². The number of hydrogen-bond donors (Lipinski definition) is 2. The lowest BCUT2D eigenvalue weighted by Gasteiger charge is -2.29. The zero-order valence-electron chi connectivity index (χ0n) is 15.7. The Hall–Kier alpha value is -4.08. The van der Waals surface area contributed by atoms with Crippen molar-refractivity contribution >= 4 is 17.7 Å². The van der Waals surface area contributed by atoms with E-state index in [2.05, 4.69) is 20.6 Å². The Balaban J connectivity index is 1.42. The Kier molecular flexibility index (Phi) is 4.05. The number of nitrogens with one attached hydrogen (secondary N) is 2. The van der Waals surface area contributed by atoms with Gasteiger partial charge in [-0.1, -0.05) is 17.3 Å². The average molecular weight is 404 g/mol. The van der Waals surface area contributed by atoms with Gasteiger partial charge in [0, 0.05) is 30.2 Å². The van der Waals surface area contributed by atoms with Gasteiger partial charge in [-0.05, 0) is 30.2 Å². The SMILES string of the molecule is O=C1CCC(N2Cc3cc(-c4cn(-c5cccc(=O)[nH]5)nn4)ccc3C2=O)C(=O)N1. The normalized spacial score (nSPS) is 18.5. The van der Waals surface area contributed by atoms with Crippen molar-refractivity contribution < 1.29 is 14.4 Å². The van der Waals surface area contributed by atoms with Crippen LogP contribution in [0, 0.1) is 0 Å². The van der Waals surface area contributed by atoms with Gasteiger partial charge in [0.2, 0.25) is 17.4 Å². The molecule has 2 aromatic heterocycles. The van der Waals surface area contributed by atoms with Gasteiger partial charge in [0.1, 0.15) is 17.6 Å². The van der Waals surface area contributed by atoms with E-state index in [-0.39, 0.29) is 30.3 Å². The molecule has 0 aliphatic carbocycles. The predicted molar refractivity (Wildman–Crippen MR) is 103 cm³/mol. The molecule has 0 radical (unpaired) electrons. The van der Waals surface area contributed by atoms with Gasteiger partial charge in [0.25, 0.3) is 5.91 Å². The van der Waals surface area contributed by atoms with Crippen molar-refractivity contribution in [1.82, 2.24) is 30.2 Å². The number of imide groups is 1. The van der Waals surface area contributed by atoms with Crippen molar-refractivity contribution in [3.8, 4) is 17.1 Å². The summed E-state index contributed by atoms with van der Waals surface area (Å²) in [7, 11) is 0. The van der Waals surface area contributed by atoms with E-state index in [0.29, 0.717) is 23.5 Å². The summed E-state index contributed by atoms with van der Waals surface area (Å²) < 4.78 is 1.46. The summed E-state index contributed by atoms with van der Waals surface area (Å²) in [5, 5.41) is 10.5. The average Bonchev–Trinajstić information content (AvgIpc) is 3.33. The molecule has 4 heterocycles. The number of carbonyl (C=O) groups is 3. The molecule has 0 saturated carbocycles. The Labute approximate surface area is 169 Å². The molecule has 30 heavy (non-hydrogen) atoms. The van der Waals surface area contributed by atoms with E-state index in [1.54, 1.807) is 30.5 Å². The number of H-pyrrole nitrogens is 1. The maximum Gasteiger partial charge on any atom is 0.255 e. The summed E-state index contributed by atoms with van der Waals surface area (Å²) in [5.41, 5.74) is 2.41. The van der Waals surface area contributed by atoms with Crippen molar-refractivity contribution in [1.29, 1.82) is 0 Å². The fourth-order valence-electron chi connectivity index (χ4n) is 3.82. The quantitative estimate of drug-likeness (QED) is 0.607. The number of carbonyl (C=O) groups excluding carboxylic acids is 3. The van der Waals surface area contributed by atoms with E-state index in [1.807, 2.05) is 6.07 Å². The predicted octanol–water partition coefficient (Wildman–Crippen LogP) is 0.384. The van der Waals surface area contributed by atoms with Crippen LogP contribution in [-0.2, 0) is 16.1 Å². The maximum absolute atomic E-state index is 12.8. The maximum atomic E-state index is 12.8. The first-order valence-corrected chi connectivity index (χ1v) is 9.39. The third kappa shape index (κ3) is 2.98. The first-order chi connectivity index (χ1) is 14.5. The largest absolute Gasteiger partial charge is 0.322 e. The fraction of sp³-hybridized carbons (Fsp3) is 0.200. The van der Waals surface area contributed by atoms with Crippen LogP contribution in [0.1, 0.15) is 28.8 Å². The topological polar surface area (TPSA) is 130 Å². The van der Waals surface area contributed by atoms with Crippen LogP contribution in [0.25, 0.3) is 17.1 Å². The smallest absolute Gasteiger partial charge is 0.255 e. The number of aromatic amines is 1. The third-order valence-electron chi connectivity index (χ3n) is 5.31. The first-order valence-electron chi connectivity index (χ1n) is 9.39. The molecule has 1 fully saturated rings. The minimum atomic E-state index is -0.651. The molecule has 10 nitrogen and oxygen atoms in total. The Bertz CT molecular complexity index is 1260. The lowest BCUT2D eigenvalue weighted by molar-refractivity contribution is -0.136. The van der Waals surface area contributed by atoms with Gasteiger partial charge < -0.3 is 9.88 Å². The van der Waals surface area contributed by atoms with Crippen molar-refractivity contribution in [2.24, 2.45) is 0 Å². The lowest BCUT2D eigenvalue weighted by atomic mass is 10.0. The summed E-state index contributed by atoms with van der Waals surface area (Å²) in [6, 6.07) is 9.42. The monoisotopic (exact) mass is 404 g/mol. The standard InChI is InChI=1S/C20H16N6O4/c27-17-3-1-2-16(21-17)26-10-14(23-24-26)11-4-5-13-12(8-11)9-25(20(13)30)15-6-7-18(28)22-19(15)29/h1-5,8,10,15H,6-7,9H2,(H,21,27)(H,22,28,29). The number of benzene rings is 1. The molecule has 150 valence electrons. The number of rotatable bonds is 3. The van der Waals surface area contributed by atoms with E-state index in [9.17, 15) is 19.2 Å². The molecule has 0 bridgehead atoms. The molecule has 0 spiro atoms. The van der Waals surface area contributed by atoms with E-state index >= 15 is 0 Å². The molecule has 1 atom stereocenters. The molecule has 3 amide bonds. The number of amides is 3. The molecule has 5 rings (SSSR count). The minimum absolute atomic E-state index is 0.215. The third-order valence-corrected chi connectivity index (χ3v) is 5.31. The van der Waals surface area contributed by atoms with Gasteiger partial charge in [-0.2, -0.15) is 0 Å². The van der Waals surface area contributed by atoms with E-state index < -0.39 is 11.9 Å². The second-order valence-corrected chi connectivity index (χ2v) is 7.22.